The molecule has 0 radical (unpaired) electrons. The lowest BCUT2D eigenvalue weighted by Crippen LogP contribution is -2.43. The molecule has 2 saturated carbocycles. The fourth-order valence-corrected chi connectivity index (χ4v) is 7.33. The Morgan fingerprint density at radius 3 is 1.71 bits per heavy atom. The molecule has 4 heteroatoms. The molecule has 3 aliphatic carbocycles. The lowest BCUT2D eigenvalue weighted by atomic mass is 9.76. The molecule has 38 heavy (non-hydrogen) atoms. The minimum absolute atomic E-state index is 0.0194. The number of hydrogen-bond donors (Lipinski definition) is 2. The number of fused-ring (bicyclic) bond motifs is 2. The summed E-state index contributed by atoms with van der Waals surface area (Å²) in [6.07, 6.45) is 19.0. The average molecular weight is 515 g/mol. The molecule has 0 heterocycles. The van der Waals surface area contributed by atoms with Crippen LogP contribution in [0.25, 0.3) is 0 Å². The highest BCUT2D eigenvalue weighted by molar-refractivity contribution is 6.30. The summed E-state index contributed by atoms with van der Waals surface area (Å²) in [5.74, 6) is -0.0523. The van der Waals surface area contributed by atoms with Crippen molar-refractivity contribution in [2.75, 3.05) is 10.6 Å². The van der Waals surface area contributed by atoms with Crippen molar-refractivity contribution in [3.63, 3.8) is 0 Å². The van der Waals surface area contributed by atoms with Crippen molar-refractivity contribution in [1.29, 1.82) is 0 Å². The van der Waals surface area contributed by atoms with Gasteiger partial charge in [0.1, 0.15) is 0 Å². The zero-order chi connectivity index (χ0) is 26.6. The smallest absolute Gasteiger partial charge is 0.196 e. The molecule has 4 nitrogen and oxygen atoms in total. The molecule has 0 saturated heterocycles. The molecule has 0 atom stereocenters. The maximum Gasteiger partial charge on any atom is 0.196 e. The predicted octanol–water partition coefficient (Wildman–Crippen LogP) is 9.07. The molecule has 0 aromatic heterocycles. The highest BCUT2D eigenvalue weighted by atomic mass is 16.1. The van der Waals surface area contributed by atoms with E-state index in [1.807, 2.05) is 24.3 Å². The molecule has 0 aliphatic heterocycles. The van der Waals surface area contributed by atoms with Crippen LogP contribution in [0.4, 0.5) is 11.4 Å². The van der Waals surface area contributed by atoms with E-state index >= 15 is 0 Å². The summed E-state index contributed by atoms with van der Waals surface area (Å²) in [7, 11) is 0. The van der Waals surface area contributed by atoms with Crippen LogP contribution in [-0.4, -0.2) is 22.6 Å². The molecule has 0 bridgehead atoms. The van der Waals surface area contributed by atoms with E-state index in [1.54, 1.807) is 6.07 Å². The minimum atomic E-state index is -0.0329. The van der Waals surface area contributed by atoms with Gasteiger partial charge < -0.3 is 10.6 Å². The Hall–Kier alpha value is -2.62. The first-order chi connectivity index (χ1) is 18.5. The SMILES string of the molecule is CCCCC1(Nc2ccc3c(c2NC2(CCCC)CCCCC2)C(=O)c2ccccc2C3=O)CCCCC1. The second-order valence-electron chi connectivity index (χ2n) is 12.3. The van der Waals surface area contributed by atoms with Crippen LogP contribution >= 0.6 is 0 Å². The molecule has 2 aromatic rings. The first kappa shape index (κ1) is 27.0. The second kappa shape index (κ2) is 11.6. The number of anilines is 2. The topological polar surface area (TPSA) is 58.2 Å². The van der Waals surface area contributed by atoms with Crippen LogP contribution in [0.3, 0.4) is 0 Å². The summed E-state index contributed by atoms with van der Waals surface area (Å²) in [5, 5.41) is 8.08. The Kier molecular flexibility index (Phi) is 8.26. The molecular weight excluding hydrogens is 468 g/mol. The summed E-state index contributed by atoms with van der Waals surface area (Å²) in [5.41, 5.74) is 4.14. The van der Waals surface area contributed by atoms with Crippen molar-refractivity contribution in [3.8, 4) is 0 Å². The van der Waals surface area contributed by atoms with Gasteiger partial charge in [-0.25, -0.2) is 0 Å². The molecule has 2 fully saturated rings. The molecule has 5 rings (SSSR count). The number of rotatable bonds is 10. The van der Waals surface area contributed by atoms with Gasteiger partial charge in [0.15, 0.2) is 11.6 Å². The Bertz CT molecular complexity index is 1160. The maximum absolute atomic E-state index is 14.1. The maximum atomic E-state index is 14.1. The average Bonchev–Trinajstić information content (AvgIpc) is 2.95. The van der Waals surface area contributed by atoms with E-state index in [2.05, 4.69) is 30.5 Å². The Morgan fingerprint density at radius 1 is 0.632 bits per heavy atom. The van der Waals surface area contributed by atoms with Crippen molar-refractivity contribution >= 4 is 22.9 Å². The van der Waals surface area contributed by atoms with Gasteiger partial charge in [0.2, 0.25) is 0 Å². The standard InChI is InChI=1S/C34H46N2O2/c1-3-5-19-33(21-11-7-12-22-33)35-28-18-17-27-29(32(38)26-16-10-9-15-25(26)31(27)37)30(28)36-34(20-6-4-2)23-13-8-14-24-34/h9-10,15-18,35-36H,3-8,11-14,19-24H2,1-2H3. The van der Waals surface area contributed by atoms with Crippen LogP contribution in [0.5, 0.6) is 0 Å². The number of nitrogens with one attached hydrogen (secondary N) is 2. The van der Waals surface area contributed by atoms with Gasteiger partial charge in [0.25, 0.3) is 0 Å². The highest BCUT2D eigenvalue weighted by Gasteiger charge is 2.39. The number of unbranched alkanes of at least 4 members (excludes halogenated alkanes) is 2. The second-order valence-corrected chi connectivity index (χ2v) is 12.3. The molecule has 0 spiro atoms. The van der Waals surface area contributed by atoms with Crippen LogP contribution in [0, 0.1) is 0 Å². The van der Waals surface area contributed by atoms with Crippen molar-refractivity contribution in [3.05, 3.63) is 58.7 Å². The Labute approximate surface area is 229 Å². The Balaban J connectivity index is 1.63. The van der Waals surface area contributed by atoms with Gasteiger partial charge in [-0.05, 0) is 50.7 Å². The third-order valence-electron chi connectivity index (χ3n) is 9.52. The van der Waals surface area contributed by atoms with Crippen molar-refractivity contribution in [2.24, 2.45) is 0 Å². The summed E-state index contributed by atoms with van der Waals surface area (Å²) in [6.45, 7) is 4.53. The van der Waals surface area contributed by atoms with E-state index in [0.717, 1.165) is 43.5 Å². The summed E-state index contributed by atoms with van der Waals surface area (Å²) >= 11 is 0. The first-order valence-electron chi connectivity index (χ1n) is 15.4. The zero-order valence-electron chi connectivity index (χ0n) is 23.6. The zero-order valence-corrected chi connectivity index (χ0v) is 23.6. The van der Waals surface area contributed by atoms with Crippen LogP contribution in [-0.2, 0) is 0 Å². The third-order valence-corrected chi connectivity index (χ3v) is 9.52. The van der Waals surface area contributed by atoms with Crippen molar-refractivity contribution < 1.29 is 9.59 Å². The van der Waals surface area contributed by atoms with Crippen molar-refractivity contribution in [1.82, 2.24) is 0 Å². The summed E-state index contributed by atoms with van der Waals surface area (Å²) < 4.78 is 0. The molecule has 0 amide bonds. The third kappa shape index (κ3) is 5.28. The van der Waals surface area contributed by atoms with E-state index in [4.69, 9.17) is 0 Å². The van der Waals surface area contributed by atoms with Gasteiger partial charge in [-0.2, -0.15) is 0 Å². The Morgan fingerprint density at radius 2 is 1.16 bits per heavy atom. The minimum Gasteiger partial charge on any atom is -0.378 e. The van der Waals surface area contributed by atoms with Gasteiger partial charge in [0.05, 0.1) is 16.9 Å². The number of carbonyl (C=O) groups is 2. The molecule has 2 aromatic carbocycles. The summed E-state index contributed by atoms with van der Waals surface area (Å²) in [6, 6.07) is 11.3. The van der Waals surface area contributed by atoms with E-state index in [1.165, 1.54) is 70.6 Å². The van der Waals surface area contributed by atoms with Gasteiger partial charge in [-0.1, -0.05) is 102 Å². The number of ketones is 2. The molecular formula is C34H46N2O2. The fraction of sp³-hybridized carbons (Fsp3) is 0.588. The molecule has 0 unspecified atom stereocenters. The van der Waals surface area contributed by atoms with Gasteiger partial charge >= 0.3 is 0 Å². The number of hydrogen-bond acceptors (Lipinski definition) is 4. The van der Waals surface area contributed by atoms with Gasteiger partial charge in [-0.3, -0.25) is 9.59 Å². The molecule has 2 N–H and O–H groups in total. The quantitative estimate of drug-likeness (QED) is 0.283. The lowest BCUT2D eigenvalue weighted by molar-refractivity contribution is 0.0979. The summed E-state index contributed by atoms with van der Waals surface area (Å²) in [4.78, 5) is 27.8. The number of carbonyl (C=O) groups excluding carboxylic acids is 2. The van der Waals surface area contributed by atoms with Gasteiger partial charge in [0, 0.05) is 27.8 Å². The molecule has 204 valence electrons. The van der Waals surface area contributed by atoms with E-state index in [-0.39, 0.29) is 22.6 Å². The monoisotopic (exact) mass is 514 g/mol. The van der Waals surface area contributed by atoms with Crippen LogP contribution in [0.1, 0.15) is 148 Å². The normalized spacial score (nSPS) is 19.9. The van der Waals surface area contributed by atoms with Crippen molar-refractivity contribution in [2.45, 2.75) is 128 Å². The lowest BCUT2D eigenvalue weighted by Gasteiger charge is -2.43. The van der Waals surface area contributed by atoms with Crippen LogP contribution < -0.4 is 10.6 Å². The number of benzene rings is 2. The largest absolute Gasteiger partial charge is 0.378 e. The van der Waals surface area contributed by atoms with Crippen LogP contribution in [0.2, 0.25) is 0 Å². The predicted molar refractivity (Wildman–Crippen MR) is 158 cm³/mol. The van der Waals surface area contributed by atoms with E-state index < -0.39 is 0 Å². The molecule has 3 aliphatic rings. The van der Waals surface area contributed by atoms with E-state index in [0.29, 0.717) is 22.3 Å². The first-order valence-corrected chi connectivity index (χ1v) is 15.4. The van der Waals surface area contributed by atoms with E-state index in [9.17, 15) is 9.59 Å². The van der Waals surface area contributed by atoms with Crippen LogP contribution in [0.15, 0.2) is 36.4 Å². The highest BCUT2D eigenvalue weighted by Crippen LogP contribution is 2.45. The van der Waals surface area contributed by atoms with Gasteiger partial charge in [-0.15, -0.1) is 0 Å². The fourth-order valence-electron chi connectivity index (χ4n) is 7.33.